The molecular weight excluding hydrogens is 252 g/mol. The summed E-state index contributed by atoms with van der Waals surface area (Å²) in [5.74, 6) is -0.694. The van der Waals surface area contributed by atoms with E-state index in [2.05, 4.69) is 4.98 Å². The first-order valence-electron chi connectivity index (χ1n) is 6.02. The van der Waals surface area contributed by atoms with Gasteiger partial charge in [0, 0.05) is 19.0 Å². The van der Waals surface area contributed by atoms with Crippen LogP contribution in [0, 0.1) is 5.92 Å². The molecule has 1 saturated carbocycles. The second-order valence-electron chi connectivity index (χ2n) is 4.68. The van der Waals surface area contributed by atoms with E-state index in [4.69, 9.17) is 5.11 Å². The minimum Gasteiger partial charge on any atom is -0.476 e. The number of aromatic nitrogens is 1. The number of nitrogens with zero attached hydrogens (tertiary/aromatic N) is 2. The van der Waals surface area contributed by atoms with Gasteiger partial charge in [-0.2, -0.15) is 0 Å². The lowest BCUT2D eigenvalue weighted by Gasteiger charge is -2.19. The monoisotopic (exact) mass is 268 g/mol. The van der Waals surface area contributed by atoms with Gasteiger partial charge in [-0.1, -0.05) is 12.8 Å². The van der Waals surface area contributed by atoms with Crippen molar-refractivity contribution in [1.82, 2.24) is 9.88 Å². The highest BCUT2D eigenvalue weighted by Crippen LogP contribution is 2.25. The van der Waals surface area contributed by atoms with Crippen molar-refractivity contribution < 1.29 is 14.7 Å². The highest BCUT2D eigenvalue weighted by atomic mass is 32.1. The van der Waals surface area contributed by atoms with Gasteiger partial charge in [0.15, 0.2) is 10.7 Å². The second kappa shape index (κ2) is 5.48. The number of amides is 1. The number of aromatic carboxylic acids is 1. The van der Waals surface area contributed by atoms with Crippen LogP contribution in [0.25, 0.3) is 0 Å². The molecule has 0 bridgehead atoms. The van der Waals surface area contributed by atoms with Crippen LogP contribution in [0.1, 0.15) is 46.0 Å². The van der Waals surface area contributed by atoms with Crippen molar-refractivity contribution in [2.24, 2.45) is 5.92 Å². The summed E-state index contributed by atoms with van der Waals surface area (Å²) < 4.78 is 0. The summed E-state index contributed by atoms with van der Waals surface area (Å²) in [6.45, 7) is 0.737. The van der Waals surface area contributed by atoms with E-state index in [-0.39, 0.29) is 16.6 Å². The Hall–Kier alpha value is -1.43. The molecule has 0 atom stereocenters. The summed E-state index contributed by atoms with van der Waals surface area (Å²) in [5.41, 5.74) is -0.0578. The average Bonchev–Trinajstić information content (AvgIpc) is 2.98. The van der Waals surface area contributed by atoms with E-state index in [1.54, 1.807) is 11.9 Å². The molecule has 0 aliphatic heterocycles. The third kappa shape index (κ3) is 2.87. The number of hydrogen-bond donors (Lipinski definition) is 1. The van der Waals surface area contributed by atoms with E-state index < -0.39 is 5.97 Å². The average molecular weight is 268 g/mol. The van der Waals surface area contributed by atoms with Crippen molar-refractivity contribution in [3.05, 3.63) is 16.1 Å². The fourth-order valence-corrected chi connectivity index (χ4v) is 3.08. The van der Waals surface area contributed by atoms with Gasteiger partial charge in [0.1, 0.15) is 0 Å². The van der Waals surface area contributed by atoms with E-state index in [0.29, 0.717) is 5.92 Å². The third-order valence-corrected chi connectivity index (χ3v) is 4.09. The van der Waals surface area contributed by atoms with Gasteiger partial charge >= 0.3 is 5.97 Å². The molecule has 1 amide bonds. The maximum Gasteiger partial charge on any atom is 0.355 e. The quantitative estimate of drug-likeness (QED) is 0.907. The van der Waals surface area contributed by atoms with Crippen molar-refractivity contribution in [1.29, 1.82) is 0 Å². The van der Waals surface area contributed by atoms with Crippen molar-refractivity contribution >= 4 is 23.2 Å². The van der Waals surface area contributed by atoms with Gasteiger partial charge < -0.3 is 10.0 Å². The van der Waals surface area contributed by atoms with Gasteiger partial charge in [-0.15, -0.1) is 11.3 Å². The maximum atomic E-state index is 12.0. The molecule has 1 aliphatic rings. The van der Waals surface area contributed by atoms with Gasteiger partial charge in [0.2, 0.25) is 0 Å². The van der Waals surface area contributed by atoms with Gasteiger partial charge in [-0.25, -0.2) is 9.78 Å². The zero-order valence-corrected chi connectivity index (χ0v) is 11.1. The van der Waals surface area contributed by atoms with E-state index >= 15 is 0 Å². The first kappa shape index (κ1) is 13.0. The smallest absolute Gasteiger partial charge is 0.355 e. The molecule has 18 heavy (non-hydrogen) atoms. The zero-order valence-electron chi connectivity index (χ0n) is 10.3. The van der Waals surface area contributed by atoms with Crippen LogP contribution >= 0.6 is 11.3 Å². The van der Waals surface area contributed by atoms with Crippen LogP contribution in [0.2, 0.25) is 0 Å². The standard InChI is InChI=1S/C12H16N2O3S/c1-14(6-8-4-2-3-5-8)11(15)10-13-9(7-18-10)12(16)17/h7-8H,2-6H2,1H3,(H,16,17). The summed E-state index contributed by atoms with van der Waals surface area (Å²) in [6.07, 6.45) is 4.84. The number of carboxylic acids is 1. The molecule has 1 aliphatic carbocycles. The maximum absolute atomic E-state index is 12.0. The lowest BCUT2D eigenvalue weighted by atomic mass is 10.1. The fourth-order valence-electron chi connectivity index (χ4n) is 2.30. The Morgan fingerprint density at radius 2 is 2.17 bits per heavy atom. The van der Waals surface area contributed by atoms with Crippen LogP contribution < -0.4 is 0 Å². The Balaban J connectivity index is 1.98. The number of carbonyl (C=O) groups is 2. The van der Waals surface area contributed by atoms with Crippen LogP contribution in [-0.4, -0.2) is 40.5 Å². The lowest BCUT2D eigenvalue weighted by Crippen LogP contribution is -2.31. The number of thiazole rings is 1. The molecule has 0 saturated heterocycles. The van der Waals surface area contributed by atoms with E-state index in [1.807, 2.05) is 0 Å². The summed E-state index contributed by atoms with van der Waals surface area (Å²) in [5, 5.41) is 10.4. The molecular formula is C12H16N2O3S. The summed E-state index contributed by atoms with van der Waals surface area (Å²) in [7, 11) is 1.75. The van der Waals surface area contributed by atoms with Crippen LogP contribution in [0.5, 0.6) is 0 Å². The van der Waals surface area contributed by atoms with Crippen molar-refractivity contribution in [3.8, 4) is 0 Å². The molecule has 0 spiro atoms. The SMILES string of the molecule is CN(CC1CCCC1)C(=O)c1nc(C(=O)O)cs1. The van der Waals surface area contributed by atoms with Crippen LogP contribution in [0.4, 0.5) is 0 Å². The van der Waals surface area contributed by atoms with Gasteiger partial charge in [0.25, 0.3) is 5.91 Å². The summed E-state index contributed by atoms with van der Waals surface area (Å²) in [6, 6.07) is 0. The molecule has 0 aromatic carbocycles. The zero-order chi connectivity index (χ0) is 13.1. The molecule has 1 fully saturated rings. The van der Waals surface area contributed by atoms with Gasteiger partial charge in [0.05, 0.1) is 0 Å². The Labute approximate surface area is 109 Å². The molecule has 2 rings (SSSR count). The van der Waals surface area contributed by atoms with Gasteiger partial charge in [-0.05, 0) is 18.8 Å². The van der Waals surface area contributed by atoms with Crippen LogP contribution in [0.15, 0.2) is 5.38 Å². The predicted molar refractivity (Wildman–Crippen MR) is 68.0 cm³/mol. The number of rotatable bonds is 4. The van der Waals surface area contributed by atoms with E-state index in [1.165, 1.54) is 31.1 Å². The Bertz CT molecular complexity index is 452. The molecule has 98 valence electrons. The normalized spacial score (nSPS) is 15.8. The molecule has 0 unspecified atom stereocenters. The minimum absolute atomic E-state index is 0.0578. The topological polar surface area (TPSA) is 70.5 Å². The van der Waals surface area contributed by atoms with Crippen molar-refractivity contribution in [3.63, 3.8) is 0 Å². The molecule has 0 radical (unpaired) electrons. The third-order valence-electron chi connectivity index (χ3n) is 3.26. The summed E-state index contributed by atoms with van der Waals surface area (Å²) >= 11 is 1.09. The molecule has 1 aromatic rings. The molecule has 1 N–H and O–H groups in total. The van der Waals surface area contributed by atoms with E-state index in [9.17, 15) is 9.59 Å². The van der Waals surface area contributed by atoms with Crippen LogP contribution in [0.3, 0.4) is 0 Å². The highest BCUT2D eigenvalue weighted by molar-refractivity contribution is 7.11. The van der Waals surface area contributed by atoms with E-state index in [0.717, 1.165) is 17.9 Å². The number of carbonyl (C=O) groups excluding carboxylic acids is 1. The van der Waals surface area contributed by atoms with Crippen molar-refractivity contribution in [2.75, 3.05) is 13.6 Å². The highest BCUT2D eigenvalue weighted by Gasteiger charge is 2.22. The lowest BCUT2D eigenvalue weighted by molar-refractivity contribution is 0.0691. The predicted octanol–water partition coefficient (Wildman–Crippen LogP) is 2.10. The Morgan fingerprint density at radius 3 is 2.72 bits per heavy atom. The Kier molecular flexibility index (Phi) is 3.96. The largest absolute Gasteiger partial charge is 0.476 e. The minimum atomic E-state index is -1.09. The molecule has 5 nitrogen and oxygen atoms in total. The first-order valence-corrected chi connectivity index (χ1v) is 6.90. The molecule has 6 heteroatoms. The Morgan fingerprint density at radius 1 is 1.50 bits per heavy atom. The molecule has 1 heterocycles. The van der Waals surface area contributed by atoms with Crippen molar-refractivity contribution in [2.45, 2.75) is 25.7 Å². The number of carboxylic acid groups (broad SMARTS) is 1. The molecule has 1 aromatic heterocycles. The first-order chi connectivity index (χ1) is 8.58. The fraction of sp³-hybridized carbons (Fsp3) is 0.583. The van der Waals surface area contributed by atoms with Gasteiger partial charge in [-0.3, -0.25) is 4.79 Å². The van der Waals surface area contributed by atoms with Crippen LogP contribution in [-0.2, 0) is 0 Å². The second-order valence-corrected chi connectivity index (χ2v) is 5.54. The summed E-state index contributed by atoms with van der Waals surface area (Å²) in [4.78, 5) is 28.2. The number of hydrogen-bond acceptors (Lipinski definition) is 4.